The number of rotatable bonds is 3. The standard InChI is InChI=1S/C15H20ClNO2/c16-14(12-7-3-1-4-8-12)15(19)17-10-6-2-5-9-13(17)11-18/h1,3-4,7-8,13-14,18H,2,5-6,9-11H2. The Hall–Kier alpha value is -1.06. The lowest BCUT2D eigenvalue weighted by Gasteiger charge is -2.30. The van der Waals surface area contributed by atoms with Crippen LogP contribution in [0.4, 0.5) is 0 Å². The molecule has 0 saturated carbocycles. The van der Waals surface area contributed by atoms with E-state index in [0.29, 0.717) is 6.54 Å². The maximum atomic E-state index is 12.5. The van der Waals surface area contributed by atoms with Gasteiger partial charge in [-0.25, -0.2) is 0 Å². The number of hydrogen-bond acceptors (Lipinski definition) is 2. The van der Waals surface area contributed by atoms with Crippen LogP contribution in [0.15, 0.2) is 30.3 Å². The Morgan fingerprint density at radius 3 is 2.74 bits per heavy atom. The minimum Gasteiger partial charge on any atom is -0.394 e. The van der Waals surface area contributed by atoms with Crippen LogP contribution in [-0.4, -0.2) is 35.1 Å². The first-order valence-electron chi connectivity index (χ1n) is 6.84. The number of likely N-dealkylation sites (tertiary alicyclic amines) is 1. The maximum Gasteiger partial charge on any atom is 0.245 e. The Morgan fingerprint density at radius 2 is 2.05 bits per heavy atom. The SMILES string of the molecule is O=C(C(Cl)c1ccccc1)N1CCCCCC1CO. The van der Waals surface area contributed by atoms with Crippen molar-refractivity contribution >= 4 is 17.5 Å². The summed E-state index contributed by atoms with van der Waals surface area (Å²) >= 11 is 6.29. The second kappa shape index (κ2) is 6.92. The van der Waals surface area contributed by atoms with E-state index in [1.54, 1.807) is 4.90 Å². The molecule has 1 aliphatic heterocycles. The van der Waals surface area contributed by atoms with Gasteiger partial charge in [0.05, 0.1) is 12.6 Å². The third-order valence-corrected chi connectivity index (χ3v) is 4.12. The van der Waals surface area contributed by atoms with E-state index in [2.05, 4.69) is 0 Å². The van der Waals surface area contributed by atoms with Gasteiger partial charge in [0, 0.05) is 6.54 Å². The van der Waals surface area contributed by atoms with E-state index in [4.69, 9.17) is 11.6 Å². The molecule has 1 N–H and O–H groups in total. The fraction of sp³-hybridized carbons (Fsp3) is 0.533. The molecule has 2 atom stereocenters. The highest BCUT2D eigenvalue weighted by atomic mass is 35.5. The van der Waals surface area contributed by atoms with E-state index in [-0.39, 0.29) is 18.6 Å². The minimum atomic E-state index is -0.659. The highest BCUT2D eigenvalue weighted by Gasteiger charge is 2.29. The molecule has 2 unspecified atom stereocenters. The zero-order valence-electron chi connectivity index (χ0n) is 11.0. The molecule has 0 aromatic heterocycles. The molecule has 1 aromatic carbocycles. The van der Waals surface area contributed by atoms with Crippen molar-refractivity contribution in [2.24, 2.45) is 0 Å². The van der Waals surface area contributed by atoms with E-state index in [0.717, 1.165) is 31.2 Å². The zero-order chi connectivity index (χ0) is 13.7. The number of benzene rings is 1. The van der Waals surface area contributed by atoms with Crippen molar-refractivity contribution in [2.45, 2.75) is 37.1 Å². The average molecular weight is 282 g/mol. The van der Waals surface area contributed by atoms with Gasteiger partial charge in [-0.15, -0.1) is 11.6 Å². The lowest BCUT2D eigenvalue weighted by Crippen LogP contribution is -2.43. The summed E-state index contributed by atoms with van der Waals surface area (Å²) in [6.45, 7) is 0.713. The van der Waals surface area contributed by atoms with Crippen molar-refractivity contribution in [3.05, 3.63) is 35.9 Å². The summed E-state index contributed by atoms with van der Waals surface area (Å²) in [5.41, 5.74) is 0.815. The van der Waals surface area contributed by atoms with Gasteiger partial charge in [0.2, 0.25) is 5.91 Å². The summed E-state index contributed by atoms with van der Waals surface area (Å²) in [5.74, 6) is -0.0891. The maximum absolute atomic E-state index is 12.5. The molecule has 1 saturated heterocycles. The number of halogens is 1. The third-order valence-electron chi connectivity index (χ3n) is 3.68. The third kappa shape index (κ3) is 3.48. The Bertz CT molecular complexity index is 410. The van der Waals surface area contributed by atoms with E-state index in [1.165, 1.54) is 0 Å². The van der Waals surface area contributed by atoms with Crippen LogP contribution in [0.25, 0.3) is 0 Å². The molecule has 1 heterocycles. The van der Waals surface area contributed by atoms with Gasteiger partial charge in [0.1, 0.15) is 5.38 Å². The molecule has 0 bridgehead atoms. The number of amides is 1. The van der Waals surface area contributed by atoms with E-state index >= 15 is 0 Å². The molecule has 0 radical (unpaired) electrons. The molecular weight excluding hydrogens is 262 g/mol. The summed E-state index contributed by atoms with van der Waals surface area (Å²) in [6, 6.07) is 9.30. The minimum absolute atomic E-state index is 0.0180. The van der Waals surface area contributed by atoms with Crippen LogP contribution < -0.4 is 0 Å². The van der Waals surface area contributed by atoms with Gasteiger partial charge in [-0.05, 0) is 18.4 Å². The fourth-order valence-electron chi connectivity index (χ4n) is 2.57. The van der Waals surface area contributed by atoms with Crippen molar-refractivity contribution in [1.29, 1.82) is 0 Å². The lowest BCUT2D eigenvalue weighted by atomic mass is 10.1. The van der Waals surface area contributed by atoms with E-state index < -0.39 is 5.38 Å². The summed E-state index contributed by atoms with van der Waals surface area (Å²) in [6.07, 6.45) is 4.02. The van der Waals surface area contributed by atoms with Crippen LogP contribution in [0, 0.1) is 0 Å². The van der Waals surface area contributed by atoms with Crippen LogP contribution in [0.2, 0.25) is 0 Å². The number of aliphatic hydroxyl groups excluding tert-OH is 1. The zero-order valence-corrected chi connectivity index (χ0v) is 11.7. The summed E-state index contributed by atoms with van der Waals surface area (Å²) in [7, 11) is 0. The Morgan fingerprint density at radius 1 is 1.32 bits per heavy atom. The molecule has 1 fully saturated rings. The van der Waals surface area contributed by atoms with Crippen LogP contribution in [0.3, 0.4) is 0 Å². The van der Waals surface area contributed by atoms with E-state index in [9.17, 15) is 9.90 Å². The van der Waals surface area contributed by atoms with Gasteiger partial charge in [0.25, 0.3) is 0 Å². The van der Waals surface area contributed by atoms with E-state index in [1.807, 2.05) is 30.3 Å². The molecule has 104 valence electrons. The first-order chi connectivity index (χ1) is 9.24. The number of aliphatic hydroxyl groups is 1. The Kier molecular flexibility index (Phi) is 5.23. The van der Waals surface area contributed by atoms with Crippen molar-refractivity contribution in [3.63, 3.8) is 0 Å². The summed E-state index contributed by atoms with van der Waals surface area (Å²) in [4.78, 5) is 14.3. The number of carbonyl (C=O) groups excluding carboxylic acids is 1. The van der Waals surface area contributed by atoms with Gasteiger partial charge >= 0.3 is 0 Å². The summed E-state index contributed by atoms with van der Waals surface area (Å²) in [5, 5.41) is 8.79. The first kappa shape index (κ1) is 14.4. The van der Waals surface area contributed by atoms with Crippen molar-refractivity contribution in [2.75, 3.05) is 13.2 Å². The van der Waals surface area contributed by atoms with Crippen molar-refractivity contribution in [3.8, 4) is 0 Å². The van der Waals surface area contributed by atoms with Crippen LogP contribution in [-0.2, 0) is 4.79 Å². The second-order valence-corrected chi connectivity index (χ2v) is 5.43. The normalized spacial score (nSPS) is 21.8. The van der Waals surface area contributed by atoms with Gasteiger partial charge in [-0.3, -0.25) is 4.79 Å². The van der Waals surface area contributed by atoms with Crippen LogP contribution in [0.1, 0.15) is 36.6 Å². The molecule has 0 aliphatic carbocycles. The monoisotopic (exact) mass is 281 g/mol. The predicted molar refractivity (Wildman–Crippen MR) is 76.1 cm³/mol. The molecule has 4 heteroatoms. The highest BCUT2D eigenvalue weighted by molar-refractivity contribution is 6.30. The molecule has 1 aromatic rings. The van der Waals surface area contributed by atoms with Crippen molar-refractivity contribution < 1.29 is 9.90 Å². The average Bonchev–Trinajstić information content (AvgIpc) is 2.71. The van der Waals surface area contributed by atoms with Gasteiger partial charge < -0.3 is 10.0 Å². The largest absolute Gasteiger partial charge is 0.394 e. The fourth-order valence-corrected chi connectivity index (χ4v) is 2.84. The predicted octanol–water partition coefficient (Wildman–Crippen LogP) is 2.73. The quantitative estimate of drug-likeness (QED) is 0.866. The topological polar surface area (TPSA) is 40.5 Å². The number of carbonyl (C=O) groups is 1. The van der Waals surface area contributed by atoms with Crippen molar-refractivity contribution in [1.82, 2.24) is 4.90 Å². The summed E-state index contributed by atoms with van der Waals surface area (Å²) < 4.78 is 0. The highest BCUT2D eigenvalue weighted by Crippen LogP contribution is 2.26. The number of nitrogens with zero attached hydrogens (tertiary/aromatic N) is 1. The molecule has 2 rings (SSSR count). The number of alkyl halides is 1. The van der Waals surface area contributed by atoms with Gasteiger partial charge in [0.15, 0.2) is 0 Å². The first-order valence-corrected chi connectivity index (χ1v) is 7.28. The second-order valence-electron chi connectivity index (χ2n) is 4.99. The molecule has 19 heavy (non-hydrogen) atoms. The molecule has 3 nitrogen and oxygen atoms in total. The number of hydrogen-bond donors (Lipinski definition) is 1. The van der Waals surface area contributed by atoms with Gasteiger partial charge in [-0.1, -0.05) is 43.2 Å². The smallest absolute Gasteiger partial charge is 0.245 e. The lowest BCUT2D eigenvalue weighted by molar-refractivity contribution is -0.134. The molecule has 1 amide bonds. The Labute approximate surface area is 119 Å². The Balaban J connectivity index is 2.12. The van der Waals surface area contributed by atoms with Gasteiger partial charge in [-0.2, -0.15) is 0 Å². The molecule has 1 aliphatic rings. The molecule has 0 spiro atoms. The van der Waals surface area contributed by atoms with Crippen LogP contribution >= 0.6 is 11.6 Å². The molecular formula is C15H20ClNO2. The van der Waals surface area contributed by atoms with Crippen LogP contribution in [0.5, 0.6) is 0 Å².